The SMILES string of the molecule is CC(C)(C)CCC(=O)c1ccc(OC(F)(F)F)cc1. The van der Waals surface area contributed by atoms with Crippen LogP contribution in [-0.4, -0.2) is 12.1 Å². The highest BCUT2D eigenvalue weighted by atomic mass is 19.4. The Morgan fingerprint density at radius 1 is 1.11 bits per heavy atom. The second kappa shape index (κ2) is 5.63. The monoisotopic (exact) mass is 274 g/mol. The fraction of sp³-hybridized carbons (Fsp3) is 0.500. The van der Waals surface area contributed by atoms with E-state index in [2.05, 4.69) is 4.74 Å². The molecule has 0 heterocycles. The zero-order valence-electron chi connectivity index (χ0n) is 11.2. The highest BCUT2D eigenvalue weighted by Gasteiger charge is 2.31. The van der Waals surface area contributed by atoms with Gasteiger partial charge in [-0.2, -0.15) is 0 Å². The van der Waals surface area contributed by atoms with Gasteiger partial charge in [0.15, 0.2) is 5.78 Å². The minimum Gasteiger partial charge on any atom is -0.406 e. The molecule has 5 heteroatoms. The van der Waals surface area contributed by atoms with Crippen LogP contribution in [0, 0.1) is 5.41 Å². The third-order valence-electron chi connectivity index (χ3n) is 2.51. The number of alkyl halides is 3. The summed E-state index contributed by atoms with van der Waals surface area (Å²) in [5.41, 5.74) is 0.452. The molecule has 0 N–H and O–H groups in total. The first-order valence-electron chi connectivity index (χ1n) is 5.96. The van der Waals surface area contributed by atoms with Crippen molar-refractivity contribution >= 4 is 5.78 Å². The Morgan fingerprint density at radius 2 is 1.63 bits per heavy atom. The molecule has 19 heavy (non-hydrogen) atoms. The van der Waals surface area contributed by atoms with E-state index in [0.29, 0.717) is 12.0 Å². The van der Waals surface area contributed by atoms with Gasteiger partial charge in [-0.1, -0.05) is 20.8 Å². The normalized spacial score (nSPS) is 12.3. The van der Waals surface area contributed by atoms with E-state index in [9.17, 15) is 18.0 Å². The van der Waals surface area contributed by atoms with Crippen molar-refractivity contribution in [2.75, 3.05) is 0 Å². The van der Waals surface area contributed by atoms with Crippen LogP contribution in [0.1, 0.15) is 44.0 Å². The number of hydrogen-bond acceptors (Lipinski definition) is 2. The molecule has 0 fully saturated rings. The first-order valence-corrected chi connectivity index (χ1v) is 5.96. The van der Waals surface area contributed by atoms with Crippen molar-refractivity contribution in [3.63, 3.8) is 0 Å². The van der Waals surface area contributed by atoms with Crippen molar-refractivity contribution in [3.05, 3.63) is 29.8 Å². The average Bonchev–Trinajstić information content (AvgIpc) is 2.23. The third kappa shape index (κ3) is 6.27. The van der Waals surface area contributed by atoms with Gasteiger partial charge in [0.05, 0.1) is 0 Å². The number of benzene rings is 1. The molecule has 0 amide bonds. The molecule has 2 nitrogen and oxygen atoms in total. The maximum Gasteiger partial charge on any atom is 0.573 e. The van der Waals surface area contributed by atoms with Gasteiger partial charge in [0.2, 0.25) is 0 Å². The first kappa shape index (κ1) is 15.5. The van der Waals surface area contributed by atoms with Gasteiger partial charge in [-0.3, -0.25) is 4.79 Å². The maximum atomic E-state index is 12.0. The predicted molar refractivity (Wildman–Crippen MR) is 66.1 cm³/mol. The lowest BCUT2D eigenvalue weighted by molar-refractivity contribution is -0.274. The minimum atomic E-state index is -4.71. The zero-order chi connectivity index (χ0) is 14.7. The highest BCUT2D eigenvalue weighted by molar-refractivity contribution is 5.96. The van der Waals surface area contributed by atoms with Crippen LogP contribution >= 0.6 is 0 Å². The lowest BCUT2D eigenvalue weighted by Gasteiger charge is -2.17. The average molecular weight is 274 g/mol. The fourth-order valence-electron chi connectivity index (χ4n) is 1.48. The molecule has 0 bridgehead atoms. The van der Waals surface area contributed by atoms with Crippen molar-refractivity contribution in [3.8, 4) is 5.75 Å². The third-order valence-corrected chi connectivity index (χ3v) is 2.51. The van der Waals surface area contributed by atoms with Crippen LogP contribution in [0.5, 0.6) is 5.75 Å². The lowest BCUT2D eigenvalue weighted by atomic mass is 9.88. The molecule has 0 radical (unpaired) electrons. The van der Waals surface area contributed by atoms with E-state index in [0.717, 1.165) is 18.6 Å². The maximum absolute atomic E-state index is 12.0. The number of carbonyl (C=O) groups excluding carboxylic acids is 1. The molecule has 0 aliphatic heterocycles. The Labute approximate surface area is 110 Å². The lowest BCUT2D eigenvalue weighted by Crippen LogP contribution is -2.17. The Bertz CT molecular complexity index is 427. The molecule has 0 saturated carbocycles. The number of hydrogen-bond donors (Lipinski definition) is 0. The summed E-state index contributed by atoms with van der Waals surface area (Å²) in [6, 6.07) is 5.01. The molecular weight excluding hydrogens is 257 g/mol. The van der Waals surface area contributed by atoms with Crippen LogP contribution in [0.3, 0.4) is 0 Å². The van der Waals surface area contributed by atoms with Gasteiger partial charge in [0.1, 0.15) is 5.75 Å². The van der Waals surface area contributed by atoms with E-state index in [-0.39, 0.29) is 16.9 Å². The summed E-state index contributed by atoms with van der Waals surface area (Å²) in [5, 5.41) is 0. The fourth-order valence-corrected chi connectivity index (χ4v) is 1.48. The molecule has 106 valence electrons. The van der Waals surface area contributed by atoms with Gasteiger partial charge < -0.3 is 4.74 Å². The van der Waals surface area contributed by atoms with Crippen molar-refractivity contribution in [2.45, 2.75) is 40.0 Å². The molecule has 0 aliphatic rings. The van der Waals surface area contributed by atoms with Gasteiger partial charge in [0.25, 0.3) is 0 Å². The largest absolute Gasteiger partial charge is 0.573 e. The van der Waals surface area contributed by atoms with Crippen LogP contribution in [-0.2, 0) is 0 Å². The number of carbonyl (C=O) groups is 1. The smallest absolute Gasteiger partial charge is 0.406 e. The van der Waals surface area contributed by atoms with Gasteiger partial charge in [0, 0.05) is 12.0 Å². The van der Waals surface area contributed by atoms with Crippen molar-refractivity contribution in [1.82, 2.24) is 0 Å². The van der Waals surface area contributed by atoms with E-state index in [1.165, 1.54) is 12.1 Å². The molecule has 1 aromatic rings. The van der Waals surface area contributed by atoms with Crippen LogP contribution in [0.4, 0.5) is 13.2 Å². The summed E-state index contributed by atoms with van der Waals surface area (Å²) >= 11 is 0. The van der Waals surface area contributed by atoms with Crippen LogP contribution < -0.4 is 4.74 Å². The van der Waals surface area contributed by atoms with E-state index in [4.69, 9.17) is 0 Å². The van der Waals surface area contributed by atoms with Gasteiger partial charge in [-0.25, -0.2) is 0 Å². The second-order valence-corrected chi connectivity index (χ2v) is 5.56. The van der Waals surface area contributed by atoms with Crippen LogP contribution in [0.2, 0.25) is 0 Å². The van der Waals surface area contributed by atoms with E-state index < -0.39 is 6.36 Å². The molecule has 0 unspecified atom stereocenters. The number of Topliss-reactive ketones (excluding diaryl/α,β-unsaturated/α-hetero) is 1. The summed E-state index contributed by atoms with van der Waals surface area (Å²) in [5.74, 6) is -0.395. The quantitative estimate of drug-likeness (QED) is 0.750. The Balaban J connectivity index is 2.63. The highest BCUT2D eigenvalue weighted by Crippen LogP contribution is 2.25. The number of ketones is 1. The van der Waals surface area contributed by atoms with E-state index in [1.807, 2.05) is 20.8 Å². The molecule has 0 aliphatic carbocycles. The number of rotatable bonds is 4. The molecule has 0 aromatic heterocycles. The van der Waals surface area contributed by atoms with Crippen LogP contribution in [0.25, 0.3) is 0 Å². The van der Waals surface area contributed by atoms with Crippen molar-refractivity contribution < 1.29 is 22.7 Å². The van der Waals surface area contributed by atoms with Gasteiger partial charge in [-0.15, -0.1) is 13.2 Å². The van der Waals surface area contributed by atoms with Gasteiger partial charge >= 0.3 is 6.36 Å². The van der Waals surface area contributed by atoms with Crippen LogP contribution in [0.15, 0.2) is 24.3 Å². The molecule has 1 rings (SSSR count). The zero-order valence-corrected chi connectivity index (χ0v) is 11.2. The molecule has 1 aromatic carbocycles. The van der Waals surface area contributed by atoms with Crippen molar-refractivity contribution in [2.24, 2.45) is 5.41 Å². The Morgan fingerprint density at radius 3 is 2.05 bits per heavy atom. The summed E-state index contributed by atoms with van der Waals surface area (Å²) in [7, 11) is 0. The topological polar surface area (TPSA) is 26.3 Å². The van der Waals surface area contributed by atoms with Gasteiger partial charge in [-0.05, 0) is 36.1 Å². The summed E-state index contributed by atoms with van der Waals surface area (Å²) in [6.45, 7) is 6.08. The number of ether oxygens (including phenoxy) is 1. The van der Waals surface area contributed by atoms with Crippen molar-refractivity contribution in [1.29, 1.82) is 0 Å². The molecule has 0 spiro atoms. The summed E-state index contributed by atoms with van der Waals surface area (Å²) in [6.07, 6.45) is -3.60. The standard InChI is InChI=1S/C14H17F3O2/c1-13(2,3)9-8-12(18)10-4-6-11(7-5-10)19-14(15,16)17/h4-7H,8-9H2,1-3H3. The van der Waals surface area contributed by atoms with E-state index >= 15 is 0 Å². The second-order valence-electron chi connectivity index (χ2n) is 5.56. The molecule has 0 saturated heterocycles. The number of halogens is 3. The summed E-state index contributed by atoms with van der Waals surface area (Å²) in [4.78, 5) is 11.8. The summed E-state index contributed by atoms with van der Waals surface area (Å²) < 4.78 is 39.6. The molecule has 0 atom stereocenters. The Kier molecular flexibility index (Phi) is 4.61. The predicted octanol–water partition coefficient (Wildman–Crippen LogP) is 4.59. The first-order chi connectivity index (χ1) is 8.57. The van der Waals surface area contributed by atoms with E-state index in [1.54, 1.807) is 0 Å². The minimum absolute atomic E-state index is 0.0506. The Hall–Kier alpha value is -1.52. The molecular formula is C14H17F3O2.